The highest BCUT2D eigenvalue weighted by Gasteiger charge is 2.59. The number of anilines is 3. The minimum Gasteiger partial charge on any atom is -0.453 e. The van der Waals surface area contributed by atoms with Gasteiger partial charge in [-0.3, -0.25) is 23.8 Å². The fourth-order valence-electron chi connectivity index (χ4n) is 9.51. The molecule has 2 N–H and O–H groups in total. The number of fused-ring (bicyclic) bond motifs is 2. The van der Waals surface area contributed by atoms with Gasteiger partial charge in [-0.05, 0) is 68.8 Å². The molecule has 1 aliphatic carbocycles. The Bertz CT molecular complexity index is 2680. The molecule has 3 saturated heterocycles. The van der Waals surface area contributed by atoms with Crippen LogP contribution in [0.4, 0.5) is 30.8 Å². The second kappa shape index (κ2) is 16.2. The summed E-state index contributed by atoms with van der Waals surface area (Å²) in [6.45, 7) is 10.4. The van der Waals surface area contributed by atoms with Crippen molar-refractivity contribution in [2.75, 3.05) is 74.5 Å². The Morgan fingerprint density at radius 2 is 1.90 bits per heavy atom. The first-order valence-corrected chi connectivity index (χ1v) is 21.6. The summed E-state index contributed by atoms with van der Waals surface area (Å²) in [6, 6.07) is 12.8. The number of hydrogen-bond donors (Lipinski definition) is 2. The van der Waals surface area contributed by atoms with Crippen molar-refractivity contribution in [2.24, 2.45) is 12.5 Å². The van der Waals surface area contributed by atoms with Gasteiger partial charge in [-0.25, -0.2) is 22.9 Å². The molecule has 3 aromatic carbocycles. The summed E-state index contributed by atoms with van der Waals surface area (Å²) in [5.41, 5.74) is 1.75. The second-order valence-corrected chi connectivity index (χ2v) is 18.0. The molecule has 4 fully saturated rings. The summed E-state index contributed by atoms with van der Waals surface area (Å²) in [5.74, 6) is -0.637. The van der Waals surface area contributed by atoms with Gasteiger partial charge in [-0.2, -0.15) is 10.4 Å². The number of halogens is 2. The van der Waals surface area contributed by atoms with E-state index in [1.807, 2.05) is 24.3 Å². The summed E-state index contributed by atoms with van der Waals surface area (Å²) >= 11 is 1.28. The normalized spacial score (nSPS) is 19.1. The molecule has 15 nitrogen and oxygen atoms in total. The topological polar surface area (TPSA) is 149 Å². The number of nitrogens with zero attached hydrogens (tertiary/aromatic N) is 9. The molecular formula is C44H49F2N11O4S. The first kappa shape index (κ1) is 41.6. The Labute approximate surface area is 362 Å². The summed E-state index contributed by atoms with van der Waals surface area (Å²) in [7, 11) is 5.25. The predicted molar refractivity (Wildman–Crippen MR) is 236 cm³/mol. The van der Waals surface area contributed by atoms with Crippen LogP contribution in [-0.4, -0.2) is 106 Å². The number of likely N-dealkylation sites (tertiary alicyclic amines) is 1. The maximum absolute atomic E-state index is 15.8. The Hall–Kier alpha value is -5.74. The van der Waals surface area contributed by atoms with Crippen molar-refractivity contribution in [1.29, 1.82) is 5.26 Å². The summed E-state index contributed by atoms with van der Waals surface area (Å²) in [5, 5.41) is 18.1. The number of aromatic nitrogens is 4. The SMILES string of the molecule is C=CCCN(C(=O)NC)c1nn(C)c2cc(N3CC4(CC(N5CC6(CC(n7cnc8ccc(Oc9c(F)ccc(NSN(C)CC)c9C#N)cc8c7=O)CO6)C5)C4)C3)c(F)cc12. The van der Waals surface area contributed by atoms with Crippen LogP contribution in [0.1, 0.15) is 44.2 Å². The fraction of sp³-hybridized carbons (Fsp3) is 0.432. The lowest BCUT2D eigenvalue weighted by molar-refractivity contribution is -0.158. The van der Waals surface area contributed by atoms with E-state index in [0.29, 0.717) is 65.5 Å². The van der Waals surface area contributed by atoms with E-state index in [-0.39, 0.29) is 51.5 Å². The molecular weight excluding hydrogens is 817 g/mol. The molecule has 0 bridgehead atoms. The second-order valence-electron chi connectivity index (χ2n) is 17.0. The molecule has 5 heterocycles. The largest absolute Gasteiger partial charge is 0.453 e. The molecule has 4 aliphatic rings. The lowest BCUT2D eigenvalue weighted by Crippen LogP contribution is -2.72. The maximum Gasteiger partial charge on any atom is 0.322 e. The molecule has 2 aromatic heterocycles. The number of amides is 2. The first-order valence-electron chi connectivity index (χ1n) is 20.8. The quantitative estimate of drug-likeness (QED) is 0.0976. The number of nitrogens with one attached hydrogen (secondary N) is 2. The van der Waals surface area contributed by atoms with Crippen molar-refractivity contribution >= 4 is 57.2 Å². The van der Waals surface area contributed by atoms with E-state index in [1.165, 1.54) is 35.2 Å². The van der Waals surface area contributed by atoms with Crippen molar-refractivity contribution < 1.29 is 23.0 Å². The van der Waals surface area contributed by atoms with Crippen LogP contribution in [0.3, 0.4) is 0 Å². The Morgan fingerprint density at radius 3 is 2.63 bits per heavy atom. The first-order chi connectivity index (χ1) is 29.9. The summed E-state index contributed by atoms with van der Waals surface area (Å²) in [6.07, 6.45) is 6.61. The Morgan fingerprint density at radius 1 is 1.11 bits per heavy atom. The highest BCUT2D eigenvalue weighted by molar-refractivity contribution is 7.98. The monoisotopic (exact) mass is 865 g/mol. The molecule has 324 valence electrons. The van der Waals surface area contributed by atoms with E-state index in [2.05, 4.69) is 42.6 Å². The van der Waals surface area contributed by atoms with Gasteiger partial charge in [0.15, 0.2) is 17.4 Å². The van der Waals surface area contributed by atoms with Gasteiger partial charge in [0.25, 0.3) is 5.56 Å². The van der Waals surface area contributed by atoms with Crippen LogP contribution in [0.15, 0.2) is 66.2 Å². The zero-order valence-electron chi connectivity index (χ0n) is 35.2. The van der Waals surface area contributed by atoms with Gasteiger partial charge in [-0.1, -0.05) is 13.0 Å². The van der Waals surface area contributed by atoms with E-state index >= 15 is 8.78 Å². The van der Waals surface area contributed by atoms with Crippen LogP contribution >= 0.6 is 12.1 Å². The number of carbonyl (C=O) groups is 1. The zero-order chi connectivity index (χ0) is 43.5. The summed E-state index contributed by atoms with van der Waals surface area (Å²) in [4.78, 5) is 37.3. The molecule has 2 spiro atoms. The number of aryl methyl sites for hydroxylation is 1. The van der Waals surface area contributed by atoms with Crippen molar-refractivity contribution in [3.05, 3.63) is 89.0 Å². The fourth-order valence-corrected chi connectivity index (χ4v) is 10.1. The number of nitriles is 1. The minimum absolute atomic E-state index is 0.0117. The van der Waals surface area contributed by atoms with Gasteiger partial charge in [0, 0.05) is 88.8 Å². The molecule has 1 atom stereocenters. The van der Waals surface area contributed by atoms with E-state index < -0.39 is 5.82 Å². The van der Waals surface area contributed by atoms with Crippen molar-refractivity contribution in [3.8, 4) is 17.6 Å². The zero-order valence-corrected chi connectivity index (χ0v) is 36.0. The van der Waals surface area contributed by atoms with Crippen LogP contribution in [0.5, 0.6) is 11.5 Å². The lowest BCUT2D eigenvalue weighted by atomic mass is 9.59. The van der Waals surface area contributed by atoms with Crippen molar-refractivity contribution in [3.63, 3.8) is 0 Å². The number of hydrogen-bond acceptors (Lipinski definition) is 12. The number of carbonyl (C=O) groups excluding carboxylic acids is 1. The molecule has 9 rings (SSSR count). The maximum atomic E-state index is 15.8. The third-order valence-corrected chi connectivity index (χ3v) is 13.8. The molecule has 3 aliphatic heterocycles. The average molecular weight is 866 g/mol. The van der Waals surface area contributed by atoms with Crippen LogP contribution in [0.2, 0.25) is 0 Å². The number of benzene rings is 3. The van der Waals surface area contributed by atoms with E-state index in [1.54, 1.807) is 53.9 Å². The summed E-state index contributed by atoms with van der Waals surface area (Å²) < 4.78 is 51.5. The minimum atomic E-state index is -0.698. The van der Waals surface area contributed by atoms with Crippen LogP contribution in [0.25, 0.3) is 21.8 Å². The number of rotatable bonds is 13. The highest BCUT2D eigenvalue weighted by atomic mass is 32.2. The number of urea groups is 1. The van der Waals surface area contributed by atoms with E-state index in [4.69, 9.17) is 9.47 Å². The van der Waals surface area contributed by atoms with Crippen molar-refractivity contribution in [1.82, 2.24) is 33.9 Å². The smallest absolute Gasteiger partial charge is 0.322 e. The molecule has 0 radical (unpaired) electrons. The van der Waals surface area contributed by atoms with Gasteiger partial charge in [0.1, 0.15) is 23.2 Å². The lowest BCUT2D eigenvalue weighted by Gasteiger charge is -2.64. The standard InChI is InChI=1S/C44H49F2N11O4S/c1-6-8-13-56(42(59)48-3)40-31-15-34(46)38(16-37(31)53(5)50-40)55-22-43(23-55)17-27(18-43)54-24-44(25-54)19-28(21-60-44)57-26-49-35-11-9-29(14-30(35)41(57)58)61-39-32(20-47)36(12-10-33(39)45)51-62-52(4)7-2/h6,9-12,14-16,26-28,51H,1,7-8,13,17-19,21-25H2,2-5H3,(H,48,59). The molecule has 2 amide bonds. The van der Waals surface area contributed by atoms with Gasteiger partial charge < -0.3 is 24.4 Å². The van der Waals surface area contributed by atoms with Gasteiger partial charge in [0.2, 0.25) is 0 Å². The van der Waals surface area contributed by atoms with Gasteiger partial charge in [-0.15, -0.1) is 6.58 Å². The molecule has 5 aromatic rings. The average Bonchev–Trinajstić information content (AvgIpc) is 3.81. The van der Waals surface area contributed by atoms with Gasteiger partial charge >= 0.3 is 6.03 Å². The van der Waals surface area contributed by atoms with Crippen LogP contribution < -0.4 is 30.1 Å². The van der Waals surface area contributed by atoms with Crippen molar-refractivity contribution in [2.45, 2.75) is 50.3 Å². The third-order valence-electron chi connectivity index (χ3n) is 12.9. The predicted octanol–water partition coefficient (Wildman–Crippen LogP) is 6.56. The number of ether oxygens (including phenoxy) is 2. The molecule has 18 heteroatoms. The molecule has 1 unspecified atom stereocenters. The Balaban J connectivity index is 0.815. The molecule has 62 heavy (non-hydrogen) atoms. The van der Waals surface area contributed by atoms with E-state index in [0.717, 1.165) is 51.1 Å². The highest BCUT2D eigenvalue weighted by Crippen LogP contribution is 2.54. The van der Waals surface area contributed by atoms with Gasteiger partial charge in [0.05, 0.1) is 52.4 Å². The van der Waals surface area contributed by atoms with Crippen LogP contribution in [0, 0.1) is 28.4 Å². The third kappa shape index (κ3) is 7.29. The van der Waals surface area contributed by atoms with E-state index in [9.17, 15) is 14.9 Å². The molecule has 1 saturated carbocycles. The van der Waals surface area contributed by atoms with Crippen LogP contribution in [-0.2, 0) is 11.8 Å². The Kier molecular flexibility index (Phi) is 10.9.